The van der Waals surface area contributed by atoms with Crippen LogP contribution < -0.4 is 9.62 Å². The van der Waals surface area contributed by atoms with Gasteiger partial charge in [-0.25, -0.2) is 13.1 Å². The van der Waals surface area contributed by atoms with E-state index in [2.05, 4.69) is 9.62 Å². The van der Waals surface area contributed by atoms with Crippen LogP contribution in [0.15, 0.2) is 59.5 Å². The number of hydrogen-bond acceptors (Lipinski definition) is 3. The smallest absolute Gasteiger partial charge is 0.241 e. The van der Waals surface area contributed by atoms with Gasteiger partial charge in [-0.15, -0.1) is 0 Å². The van der Waals surface area contributed by atoms with Crippen molar-refractivity contribution < 1.29 is 8.42 Å². The quantitative estimate of drug-likeness (QED) is 0.915. The Hall–Kier alpha value is -1.85. The fourth-order valence-electron chi connectivity index (χ4n) is 2.92. The first-order valence-electron chi connectivity index (χ1n) is 7.98. The van der Waals surface area contributed by atoms with E-state index in [1.54, 1.807) is 12.1 Å². The van der Waals surface area contributed by atoms with Crippen molar-refractivity contribution >= 4 is 15.7 Å². The van der Waals surface area contributed by atoms with Gasteiger partial charge in [0, 0.05) is 24.8 Å². The number of anilines is 1. The molecule has 1 aliphatic heterocycles. The molecule has 0 amide bonds. The van der Waals surface area contributed by atoms with Gasteiger partial charge in [-0.3, -0.25) is 0 Å². The molecule has 2 aromatic rings. The lowest BCUT2D eigenvalue weighted by molar-refractivity contribution is 0.567. The molecule has 1 unspecified atom stereocenters. The zero-order valence-corrected chi connectivity index (χ0v) is 14.1. The maximum absolute atomic E-state index is 12.5. The van der Waals surface area contributed by atoms with Crippen LogP contribution >= 0.6 is 0 Å². The summed E-state index contributed by atoms with van der Waals surface area (Å²) in [4.78, 5) is 2.60. The molecule has 0 spiro atoms. The lowest BCUT2D eigenvalue weighted by atomic mass is 10.1. The van der Waals surface area contributed by atoms with Crippen molar-refractivity contribution in [2.75, 3.05) is 18.0 Å². The molecule has 0 aromatic heterocycles. The Labute approximate surface area is 138 Å². The van der Waals surface area contributed by atoms with E-state index in [0.29, 0.717) is 4.90 Å². The summed E-state index contributed by atoms with van der Waals surface area (Å²) in [5.74, 6) is 0. The first kappa shape index (κ1) is 16.0. The molecule has 1 N–H and O–H groups in total. The third-order valence-electron chi connectivity index (χ3n) is 4.25. The number of benzene rings is 2. The van der Waals surface area contributed by atoms with Crippen molar-refractivity contribution in [1.29, 1.82) is 0 Å². The van der Waals surface area contributed by atoms with E-state index in [1.165, 1.54) is 12.8 Å². The largest absolute Gasteiger partial charge is 0.372 e. The fourth-order valence-corrected chi connectivity index (χ4v) is 4.15. The summed E-state index contributed by atoms with van der Waals surface area (Å²) in [7, 11) is -3.52. The Morgan fingerprint density at radius 2 is 1.57 bits per heavy atom. The first-order valence-corrected chi connectivity index (χ1v) is 9.47. The summed E-state index contributed by atoms with van der Waals surface area (Å²) < 4.78 is 27.8. The molecule has 1 aliphatic rings. The minimum Gasteiger partial charge on any atom is -0.372 e. The van der Waals surface area contributed by atoms with Gasteiger partial charge in [0.25, 0.3) is 0 Å². The van der Waals surface area contributed by atoms with E-state index < -0.39 is 10.0 Å². The molecule has 1 atom stereocenters. The second kappa shape index (κ2) is 6.72. The molecule has 0 bridgehead atoms. The van der Waals surface area contributed by atoms with Crippen LogP contribution in [-0.2, 0) is 10.0 Å². The number of rotatable bonds is 5. The predicted octanol–water partition coefficient (Wildman–Crippen LogP) is 3.33. The Balaban J connectivity index is 1.74. The van der Waals surface area contributed by atoms with Gasteiger partial charge < -0.3 is 4.90 Å². The van der Waals surface area contributed by atoms with Crippen molar-refractivity contribution in [3.63, 3.8) is 0 Å². The normalized spacial score (nSPS) is 16.5. The van der Waals surface area contributed by atoms with Crippen LogP contribution in [0.1, 0.15) is 31.4 Å². The molecule has 0 aliphatic carbocycles. The average molecular weight is 330 g/mol. The monoisotopic (exact) mass is 330 g/mol. The lowest BCUT2D eigenvalue weighted by Crippen LogP contribution is -2.27. The highest BCUT2D eigenvalue weighted by Gasteiger charge is 2.19. The number of nitrogens with one attached hydrogen (secondary N) is 1. The summed E-state index contributed by atoms with van der Waals surface area (Å²) in [5, 5.41) is 0. The van der Waals surface area contributed by atoms with Gasteiger partial charge in [0.1, 0.15) is 0 Å². The van der Waals surface area contributed by atoms with Crippen LogP contribution in [0.4, 0.5) is 5.69 Å². The third-order valence-corrected chi connectivity index (χ3v) is 5.81. The molecule has 1 heterocycles. The molecular formula is C18H22N2O2S. The van der Waals surface area contributed by atoms with Crippen molar-refractivity contribution in [1.82, 2.24) is 4.72 Å². The first-order chi connectivity index (χ1) is 11.1. The molecular weight excluding hydrogens is 308 g/mol. The van der Waals surface area contributed by atoms with Crippen LogP contribution in [-0.4, -0.2) is 21.5 Å². The van der Waals surface area contributed by atoms with E-state index >= 15 is 0 Å². The molecule has 4 nitrogen and oxygen atoms in total. The Kier molecular flexibility index (Phi) is 4.68. The second-order valence-electron chi connectivity index (χ2n) is 5.94. The summed E-state index contributed by atoms with van der Waals surface area (Å²) >= 11 is 0. The molecule has 3 rings (SSSR count). The highest BCUT2D eigenvalue weighted by molar-refractivity contribution is 7.89. The molecule has 5 heteroatoms. The Morgan fingerprint density at radius 1 is 0.957 bits per heavy atom. The minimum atomic E-state index is -3.52. The van der Waals surface area contributed by atoms with Crippen LogP contribution in [0.25, 0.3) is 0 Å². The zero-order chi connectivity index (χ0) is 16.3. The molecule has 2 aromatic carbocycles. The molecule has 23 heavy (non-hydrogen) atoms. The second-order valence-corrected chi connectivity index (χ2v) is 7.66. The van der Waals surface area contributed by atoms with E-state index in [0.717, 1.165) is 24.3 Å². The Bertz CT molecular complexity index is 736. The maximum atomic E-state index is 12.5. The van der Waals surface area contributed by atoms with Gasteiger partial charge in [0.2, 0.25) is 10.0 Å². The third kappa shape index (κ3) is 3.74. The van der Waals surface area contributed by atoms with Crippen LogP contribution in [0.2, 0.25) is 0 Å². The van der Waals surface area contributed by atoms with E-state index in [-0.39, 0.29) is 6.04 Å². The standard InChI is InChI=1S/C18H22N2O2S/c1-15(16-7-3-2-4-8-16)19-23(21,22)18-11-9-17(10-12-18)20-13-5-6-14-20/h2-4,7-12,15,19H,5-6,13-14H2,1H3. The fraction of sp³-hybridized carbons (Fsp3) is 0.333. The molecule has 122 valence electrons. The summed E-state index contributed by atoms with van der Waals surface area (Å²) in [6.45, 7) is 3.95. The Morgan fingerprint density at radius 3 is 2.17 bits per heavy atom. The van der Waals surface area contributed by atoms with Crippen molar-refractivity contribution in [3.8, 4) is 0 Å². The predicted molar refractivity (Wildman–Crippen MR) is 93.1 cm³/mol. The van der Waals surface area contributed by atoms with Crippen molar-refractivity contribution in [3.05, 3.63) is 60.2 Å². The molecule has 1 saturated heterocycles. The van der Waals surface area contributed by atoms with E-state index in [1.807, 2.05) is 49.4 Å². The van der Waals surface area contributed by atoms with Crippen molar-refractivity contribution in [2.45, 2.75) is 30.7 Å². The lowest BCUT2D eigenvalue weighted by Gasteiger charge is -2.18. The molecule has 0 saturated carbocycles. The van der Waals surface area contributed by atoms with Gasteiger partial charge in [-0.1, -0.05) is 30.3 Å². The average Bonchev–Trinajstić information content (AvgIpc) is 3.10. The van der Waals surface area contributed by atoms with Gasteiger partial charge in [-0.2, -0.15) is 0 Å². The maximum Gasteiger partial charge on any atom is 0.241 e. The summed E-state index contributed by atoms with van der Waals surface area (Å²) in [5.41, 5.74) is 2.04. The molecule has 0 radical (unpaired) electrons. The van der Waals surface area contributed by atoms with Crippen LogP contribution in [0, 0.1) is 0 Å². The SMILES string of the molecule is CC(NS(=O)(=O)c1ccc(N2CCCC2)cc1)c1ccccc1. The van der Waals surface area contributed by atoms with Gasteiger partial charge >= 0.3 is 0 Å². The number of sulfonamides is 1. The highest BCUT2D eigenvalue weighted by Crippen LogP contribution is 2.23. The topological polar surface area (TPSA) is 49.4 Å². The van der Waals surface area contributed by atoms with E-state index in [4.69, 9.17) is 0 Å². The van der Waals surface area contributed by atoms with Crippen LogP contribution in [0.3, 0.4) is 0 Å². The highest BCUT2D eigenvalue weighted by atomic mass is 32.2. The zero-order valence-electron chi connectivity index (χ0n) is 13.3. The number of nitrogens with zero attached hydrogens (tertiary/aromatic N) is 1. The molecule has 1 fully saturated rings. The number of hydrogen-bond donors (Lipinski definition) is 1. The van der Waals surface area contributed by atoms with E-state index in [9.17, 15) is 8.42 Å². The van der Waals surface area contributed by atoms with Gasteiger partial charge in [-0.05, 0) is 49.6 Å². The van der Waals surface area contributed by atoms with Crippen molar-refractivity contribution in [2.24, 2.45) is 0 Å². The van der Waals surface area contributed by atoms with Crippen LogP contribution in [0.5, 0.6) is 0 Å². The van der Waals surface area contributed by atoms with Gasteiger partial charge in [0.05, 0.1) is 4.90 Å². The summed E-state index contributed by atoms with van der Waals surface area (Å²) in [6, 6.07) is 16.5. The summed E-state index contributed by atoms with van der Waals surface area (Å²) in [6.07, 6.45) is 2.41. The minimum absolute atomic E-state index is 0.264. The van der Waals surface area contributed by atoms with Gasteiger partial charge in [0.15, 0.2) is 0 Å².